The molecular weight excluding hydrogens is 528 g/mol. The first-order valence-electron chi connectivity index (χ1n) is 12.4. The molecule has 40 heavy (non-hydrogen) atoms. The predicted molar refractivity (Wildman–Crippen MR) is 136 cm³/mol. The van der Waals surface area contributed by atoms with Gasteiger partial charge in [-0.25, -0.2) is 4.79 Å². The Labute approximate surface area is 227 Å². The molecule has 0 saturated carbocycles. The second-order valence-corrected chi connectivity index (χ2v) is 9.41. The molecule has 0 amide bonds. The second kappa shape index (κ2) is 10.0. The van der Waals surface area contributed by atoms with Crippen molar-refractivity contribution in [1.29, 1.82) is 0 Å². The third-order valence-electron chi connectivity index (χ3n) is 7.04. The summed E-state index contributed by atoms with van der Waals surface area (Å²) in [5, 5.41) is 21.8. The molecule has 3 aromatic rings. The Kier molecular flexibility index (Phi) is 6.53. The Morgan fingerprint density at radius 3 is 2.40 bits per heavy atom. The van der Waals surface area contributed by atoms with Crippen LogP contribution in [-0.4, -0.2) is 74.4 Å². The number of cyclic esters (lactones) is 1. The van der Waals surface area contributed by atoms with Crippen molar-refractivity contribution >= 4 is 22.7 Å². The number of fused-ring (bicyclic) bond motifs is 3. The van der Waals surface area contributed by atoms with Gasteiger partial charge in [-0.3, -0.25) is 4.79 Å². The average Bonchev–Trinajstić information content (AvgIpc) is 3.57. The van der Waals surface area contributed by atoms with Gasteiger partial charge < -0.3 is 48.1 Å². The van der Waals surface area contributed by atoms with Gasteiger partial charge in [-0.1, -0.05) is 6.07 Å². The van der Waals surface area contributed by atoms with E-state index in [9.17, 15) is 19.8 Å². The molecule has 3 aromatic carbocycles. The van der Waals surface area contributed by atoms with Crippen molar-refractivity contribution in [2.45, 2.75) is 38.1 Å². The zero-order chi connectivity index (χ0) is 28.1. The molecule has 0 radical (unpaired) electrons. The van der Waals surface area contributed by atoms with Gasteiger partial charge in [0.15, 0.2) is 29.1 Å². The van der Waals surface area contributed by atoms with Crippen molar-refractivity contribution in [3.05, 3.63) is 41.5 Å². The van der Waals surface area contributed by atoms with E-state index < -0.39 is 36.5 Å². The second-order valence-electron chi connectivity index (χ2n) is 9.41. The van der Waals surface area contributed by atoms with Gasteiger partial charge in [0.1, 0.15) is 24.6 Å². The first kappa shape index (κ1) is 26.0. The molecular formula is C28H26O12. The molecule has 4 atom stereocenters. The summed E-state index contributed by atoms with van der Waals surface area (Å²) in [5.41, 5.74) is 1.89. The molecule has 2 N–H and O–H groups in total. The van der Waals surface area contributed by atoms with Crippen LogP contribution in [0.5, 0.6) is 28.7 Å². The summed E-state index contributed by atoms with van der Waals surface area (Å²) in [6.45, 7) is 0.873. The Morgan fingerprint density at radius 2 is 1.68 bits per heavy atom. The van der Waals surface area contributed by atoms with Crippen LogP contribution in [0.2, 0.25) is 0 Å². The van der Waals surface area contributed by atoms with Gasteiger partial charge in [0, 0.05) is 23.4 Å². The van der Waals surface area contributed by atoms with Crippen LogP contribution in [0.15, 0.2) is 30.3 Å². The molecule has 0 bridgehead atoms. The van der Waals surface area contributed by atoms with Gasteiger partial charge in [-0.15, -0.1) is 0 Å². The lowest BCUT2D eigenvalue weighted by atomic mass is 9.89. The summed E-state index contributed by atoms with van der Waals surface area (Å²) < 4.78 is 44.8. The molecule has 3 heterocycles. The quantitative estimate of drug-likeness (QED) is 0.431. The molecule has 1 unspecified atom stereocenters. The lowest BCUT2D eigenvalue weighted by molar-refractivity contribution is -0.250. The molecule has 1 saturated heterocycles. The van der Waals surface area contributed by atoms with E-state index >= 15 is 0 Å². The minimum atomic E-state index is -1.47. The van der Waals surface area contributed by atoms with Gasteiger partial charge >= 0.3 is 11.9 Å². The summed E-state index contributed by atoms with van der Waals surface area (Å²) in [6, 6.07) is 8.76. The molecule has 210 valence electrons. The highest BCUT2D eigenvalue weighted by atomic mass is 16.7. The van der Waals surface area contributed by atoms with E-state index in [1.54, 1.807) is 24.3 Å². The third kappa shape index (κ3) is 4.21. The maximum absolute atomic E-state index is 13.2. The van der Waals surface area contributed by atoms with Crippen LogP contribution in [0.3, 0.4) is 0 Å². The van der Waals surface area contributed by atoms with E-state index in [0.717, 1.165) is 0 Å². The SMILES string of the molecule is COc1cc2c(OC3OC[C@@H](O)[C@H](O)[C@H]3OC(C)=O)c3c(c(-c4ccc5c(c4)OCO5)c2cc1OC)C(=O)OC3. The van der Waals surface area contributed by atoms with E-state index in [1.807, 2.05) is 6.07 Å². The highest BCUT2D eigenvalue weighted by molar-refractivity contribution is 6.14. The Hall–Kier alpha value is -4.26. The van der Waals surface area contributed by atoms with E-state index in [4.69, 9.17) is 37.9 Å². The third-order valence-corrected chi connectivity index (χ3v) is 7.04. The van der Waals surface area contributed by atoms with Crippen LogP contribution in [0.4, 0.5) is 0 Å². The van der Waals surface area contributed by atoms with Crippen LogP contribution in [-0.2, 0) is 25.6 Å². The van der Waals surface area contributed by atoms with Crippen molar-refractivity contribution < 1.29 is 57.7 Å². The van der Waals surface area contributed by atoms with Gasteiger partial charge in [0.25, 0.3) is 0 Å². The van der Waals surface area contributed by atoms with Gasteiger partial charge in [-0.05, 0) is 35.2 Å². The summed E-state index contributed by atoms with van der Waals surface area (Å²) in [7, 11) is 2.98. The molecule has 12 nitrogen and oxygen atoms in total. The molecule has 0 spiro atoms. The predicted octanol–water partition coefficient (Wildman–Crippen LogP) is 2.31. The number of esters is 2. The molecule has 0 aliphatic carbocycles. The first-order chi connectivity index (χ1) is 19.3. The van der Waals surface area contributed by atoms with Crippen LogP contribution in [0, 0.1) is 0 Å². The van der Waals surface area contributed by atoms with Crippen molar-refractivity contribution in [2.75, 3.05) is 27.6 Å². The fourth-order valence-electron chi connectivity index (χ4n) is 5.20. The topological polar surface area (TPSA) is 148 Å². The first-order valence-corrected chi connectivity index (χ1v) is 12.4. The van der Waals surface area contributed by atoms with Crippen LogP contribution >= 0.6 is 0 Å². The van der Waals surface area contributed by atoms with E-state index in [-0.39, 0.29) is 31.3 Å². The van der Waals surface area contributed by atoms with Crippen molar-refractivity contribution in [3.8, 4) is 39.9 Å². The molecule has 1 fully saturated rings. The largest absolute Gasteiger partial charge is 0.493 e. The van der Waals surface area contributed by atoms with Gasteiger partial charge in [0.05, 0.1) is 26.4 Å². The van der Waals surface area contributed by atoms with Crippen molar-refractivity contribution in [1.82, 2.24) is 0 Å². The zero-order valence-corrected chi connectivity index (χ0v) is 21.8. The number of benzene rings is 3. The number of methoxy groups -OCH3 is 2. The number of hydrogen-bond donors (Lipinski definition) is 2. The number of aliphatic hydroxyl groups is 2. The number of carbonyl (C=O) groups excluding carboxylic acids is 2. The number of ether oxygens (including phenoxy) is 8. The Bertz CT molecular complexity index is 1520. The monoisotopic (exact) mass is 554 g/mol. The number of carbonyl (C=O) groups is 2. The molecule has 3 aliphatic rings. The fourth-order valence-corrected chi connectivity index (χ4v) is 5.20. The van der Waals surface area contributed by atoms with Crippen LogP contribution in [0.1, 0.15) is 22.8 Å². The minimum absolute atomic E-state index is 0.0862. The molecule has 3 aliphatic heterocycles. The number of aliphatic hydroxyl groups excluding tert-OH is 2. The Morgan fingerprint density at radius 1 is 0.950 bits per heavy atom. The molecule has 6 rings (SSSR count). The molecule has 0 aromatic heterocycles. The lowest BCUT2D eigenvalue weighted by Crippen LogP contribution is -2.56. The Balaban J connectivity index is 1.59. The van der Waals surface area contributed by atoms with Gasteiger partial charge in [-0.2, -0.15) is 0 Å². The summed E-state index contributed by atoms with van der Waals surface area (Å²) in [4.78, 5) is 25.0. The van der Waals surface area contributed by atoms with E-state index in [1.165, 1.54) is 21.1 Å². The maximum Gasteiger partial charge on any atom is 0.339 e. The minimum Gasteiger partial charge on any atom is -0.493 e. The number of hydrogen-bond acceptors (Lipinski definition) is 12. The summed E-state index contributed by atoms with van der Waals surface area (Å²) in [5.74, 6) is 0.830. The number of rotatable bonds is 6. The summed E-state index contributed by atoms with van der Waals surface area (Å²) in [6.07, 6.45) is -5.43. The van der Waals surface area contributed by atoms with Gasteiger partial charge in [0.2, 0.25) is 13.1 Å². The lowest BCUT2D eigenvalue weighted by Gasteiger charge is -2.37. The van der Waals surface area contributed by atoms with Crippen LogP contribution in [0.25, 0.3) is 21.9 Å². The smallest absolute Gasteiger partial charge is 0.339 e. The highest BCUT2D eigenvalue weighted by Gasteiger charge is 2.44. The fraction of sp³-hybridized carbons (Fsp3) is 0.357. The standard InChI is InChI=1S/C28H26O12/c1-12(29)39-26-24(31)17(30)10-36-28(26)40-25-15-8-20(34-3)19(33-2)7-14(15)22(23-16(25)9-35-27(23)32)13-4-5-18-21(6-13)38-11-37-18/h4-8,17,24,26,28,30-31H,9-11H2,1-3H3/t17-,24+,26-,28?/m1/s1. The maximum atomic E-state index is 13.2. The average molecular weight is 555 g/mol. The summed E-state index contributed by atoms with van der Waals surface area (Å²) >= 11 is 0. The van der Waals surface area contributed by atoms with Crippen molar-refractivity contribution in [2.24, 2.45) is 0 Å². The van der Waals surface area contributed by atoms with E-state index in [2.05, 4.69) is 0 Å². The van der Waals surface area contributed by atoms with Crippen LogP contribution < -0.4 is 23.7 Å². The van der Waals surface area contributed by atoms with Crippen molar-refractivity contribution in [3.63, 3.8) is 0 Å². The van der Waals surface area contributed by atoms with E-state index in [0.29, 0.717) is 50.5 Å². The molecule has 12 heteroatoms. The zero-order valence-electron chi connectivity index (χ0n) is 21.8. The highest BCUT2D eigenvalue weighted by Crippen LogP contribution is 2.49. The normalized spacial score (nSPS) is 23.0.